The predicted molar refractivity (Wildman–Crippen MR) is 83.7 cm³/mol. The van der Waals surface area contributed by atoms with Crippen molar-refractivity contribution < 1.29 is 14.3 Å². The van der Waals surface area contributed by atoms with Crippen LogP contribution in [0.5, 0.6) is 5.75 Å². The van der Waals surface area contributed by atoms with Crippen molar-refractivity contribution in [3.63, 3.8) is 0 Å². The highest BCUT2D eigenvalue weighted by molar-refractivity contribution is 5.89. The van der Waals surface area contributed by atoms with Gasteiger partial charge in [0.05, 0.1) is 13.2 Å². The van der Waals surface area contributed by atoms with Crippen molar-refractivity contribution in [3.8, 4) is 5.75 Å². The third kappa shape index (κ3) is 3.78. The summed E-state index contributed by atoms with van der Waals surface area (Å²) in [5.74, 6) is 1.15. The molecule has 4 nitrogen and oxygen atoms in total. The second kappa shape index (κ2) is 7.16. The zero-order valence-electron chi connectivity index (χ0n) is 12.9. The third-order valence-corrected chi connectivity index (χ3v) is 3.41. The summed E-state index contributed by atoms with van der Waals surface area (Å²) in [6, 6.07) is 6.00. The average Bonchev–Trinajstić information content (AvgIpc) is 2.88. The van der Waals surface area contributed by atoms with Gasteiger partial charge in [0.1, 0.15) is 5.75 Å². The van der Waals surface area contributed by atoms with Crippen LogP contribution in [0, 0.1) is 0 Å². The van der Waals surface area contributed by atoms with Crippen molar-refractivity contribution in [2.24, 2.45) is 0 Å². The van der Waals surface area contributed by atoms with E-state index in [9.17, 15) is 4.79 Å². The van der Waals surface area contributed by atoms with E-state index < -0.39 is 0 Å². The molecule has 114 valence electrons. The number of benzene rings is 1. The molecule has 21 heavy (non-hydrogen) atoms. The maximum Gasteiger partial charge on any atom is 0.305 e. The summed E-state index contributed by atoms with van der Waals surface area (Å²) in [4.78, 5) is 14.6. The number of ether oxygens (including phenoxy) is 2. The first-order chi connectivity index (χ1) is 10.1. The highest BCUT2D eigenvalue weighted by Gasteiger charge is 2.12. The molecule has 1 heterocycles. The van der Waals surface area contributed by atoms with Gasteiger partial charge < -0.3 is 14.5 Å². The summed E-state index contributed by atoms with van der Waals surface area (Å²) in [6.07, 6.45) is 3.10. The Morgan fingerprint density at radius 2 is 2.14 bits per heavy atom. The van der Waals surface area contributed by atoms with E-state index >= 15 is 0 Å². The molecule has 0 aliphatic carbocycles. The van der Waals surface area contributed by atoms with E-state index in [1.54, 1.807) is 0 Å². The molecular weight excluding hydrogens is 266 g/mol. The summed E-state index contributed by atoms with van der Waals surface area (Å²) in [6.45, 7) is 7.09. The molecule has 0 aliphatic heterocycles. The second-order valence-corrected chi connectivity index (χ2v) is 5.33. The Labute approximate surface area is 125 Å². The van der Waals surface area contributed by atoms with E-state index in [2.05, 4.69) is 18.8 Å². The highest BCUT2D eigenvalue weighted by atomic mass is 16.5. The summed E-state index contributed by atoms with van der Waals surface area (Å²) < 4.78 is 10.8. The molecule has 0 bridgehead atoms. The maximum atomic E-state index is 11.3. The fourth-order valence-electron chi connectivity index (χ4n) is 2.38. The number of H-pyrrole nitrogens is 1. The van der Waals surface area contributed by atoms with Crippen LogP contribution in [0.3, 0.4) is 0 Å². The van der Waals surface area contributed by atoms with Crippen molar-refractivity contribution in [1.29, 1.82) is 0 Å². The van der Waals surface area contributed by atoms with Gasteiger partial charge in [0.15, 0.2) is 0 Å². The predicted octanol–water partition coefficient (Wildman–Crippen LogP) is 4.01. The number of carbonyl (C=O) groups excluding carboxylic acids is 1. The SMILES string of the molecule is CCOC(=O)CCCOc1cccc2[nH]cc(C(C)C)c12. The van der Waals surface area contributed by atoms with Crippen molar-refractivity contribution in [3.05, 3.63) is 30.0 Å². The molecular formula is C17H23NO3. The van der Waals surface area contributed by atoms with Crippen LogP contribution in [0.4, 0.5) is 0 Å². The molecule has 0 saturated heterocycles. The molecule has 0 unspecified atom stereocenters. The molecule has 0 saturated carbocycles. The van der Waals surface area contributed by atoms with Crippen LogP contribution >= 0.6 is 0 Å². The minimum atomic E-state index is -0.163. The average molecular weight is 289 g/mol. The zero-order chi connectivity index (χ0) is 15.2. The molecule has 0 amide bonds. The Bertz CT molecular complexity index is 601. The monoisotopic (exact) mass is 289 g/mol. The van der Waals surface area contributed by atoms with Gasteiger partial charge in [-0.05, 0) is 37.0 Å². The minimum absolute atomic E-state index is 0.163. The van der Waals surface area contributed by atoms with Gasteiger partial charge in [-0.25, -0.2) is 0 Å². The lowest BCUT2D eigenvalue weighted by atomic mass is 10.0. The summed E-state index contributed by atoms with van der Waals surface area (Å²) in [5.41, 5.74) is 2.34. The number of nitrogens with one attached hydrogen (secondary N) is 1. The summed E-state index contributed by atoms with van der Waals surface area (Å²) >= 11 is 0. The summed E-state index contributed by atoms with van der Waals surface area (Å²) in [7, 11) is 0. The molecule has 0 aliphatic rings. The number of aromatic nitrogens is 1. The normalized spacial score (nSPS) is 11.0. The smallest absolute Gasteiger partial charge is 0.305 e. The molecule has 2 rings (SSSR count). The van der Waals surface area contributed by atoms with Crippen molar-refractivity contribution in [1.82, 2.24) is 4.98 Å². The molecule has 0 fully saturated rings. The fourth-order valence-corrected chi connectivity index (χ4v) is 2.38. The Hall–Kier alpha value is -1.97. The van der Waals surface area contributed by atoms with Crippen LogP contribution in [0.1, 0.15) is 45.1 Å². The topological polar surface area (TPSA) is 51.3 Å². The zero-order valence-corrected chi connectivity index (χ0v) is 12.9. The molecule has 0 radical (unpaired) electrons. The second-order valence-electron chi connectivity index (χ2n) is 5.33. The van der Waals surface area contributed by atoms with E-state index in [1.165, 1.54) is 5.56 Å². The van der Waals surface area contributed by atoms with Gasteiger partial charge in [-0.3, -0.25) is 4.79 Å². The minimum Gasteiger partial charge on any atom is -0.493 e. The van der Waals surface area contributed by atoms with Crippen LogP contribution in [-0.2, 0) is 9.53 Å². The van der Waals surface area contributed by atoms with Gasteiger partial charge >= 0.3 is 5.97 Å². The van der Waals surface area contributed by atoms with Crippen molar-refractivity contribution in [2.75, 3.05) is 13.2 Å². The van der Waals surface area contributed by atoms with Gasteiger partial charge in [0, 0.05) is 23.5 Å². The van der Waals surface area contributed by atoms with Gasteiger partial charge in [0.25, 0.3) is 0 Å². The molecule has 1 N–H and O–H groups in total. The van der Waals surface area contributed by atoms with E-state index in [0.29, 0.717) is 32.0 Å². The van der Waals surface area contributed by atoms with E-state index in [-0.39, 0.29) is 5.97 Å². The van der Waals surface area contributed by atoms with Crippen molar-refractivity contribution >= 4 is 16.9 Å². The number of esters is 1. The Morgan fingerprint density at radius 1 is 1.33 bits per heavy atom. The molecule has 4 heteroatoms. The Balaban J connectivity index is 2.02. The maximum absolute atomic E-state index is 11.3. The Kier molecular flexibility index (Phi) is 5.26. The summed E-state index contributed by atoms with van der Waals surface area (Å²) in [5, 5.41) is 1.14. The molecule has 0 spiro atoms. The van der Waals surface area contributed by atoms with Gasteiger partial charge in [0.2, 0.25) is 0 Å². The van der Waals surface area contributed by atoms with E-state index in [0.717, 1.165) is 16.7 Å². The standard InChI is InChI=1S/C17H23NO3/c1-4-20-16(19)9-6-10-21-15-8-5-7-14-17(15)13(11-18-14)12(2)3/h5,7-8,11-12,18H,4,6,9-10H2,1-3H3. The van der Waals surface area contributed by atoms with E-state index in [1.807, 2.05) is 31.3 Å². The first-order valence-electron chi connectivity index (χ1n) is 7.52. The number of hydrogen-bond donors (Lipinski definition) is 1. The number of rotatable bonds is 7. The quantitative estimate of drug-likeness (QED) is 0.619. The van der Waals surface area contributed by atoms with Crippen LogP contribution in [-0.4, -0.2) is 24.2 Å². The first kappa shape index (κ1) is 15.4. The number of carbonyl (C=O) groups is 1. The third-order valence-electron chi connectivity index (χ3n) is 3.41. The van der Waals surface area contributed by atoms with Gasteiger partial charge in [-0.1, -0.05) is 19.9 Å². The Morgan fingerprint density at radius 3 is 2.86 bits per heavy atom. The van der Waals surface area contributed by atoms with E-state index in [4.69, 9.17) is 9.47 Å². The molecule has 1 aromatic carbocycles. The molecule has 2 aromatic rings. The van der Waals surface area contributed by atoms with Crippen molar-refractivity contribution in [2.45, 2.75) is 39.5 Å². The number of fused-ring (bicyclic) bond motifs is 1. The lowest BCUT2D eigenvalue weighted by Crippen LogP contribution is -2.07. The lowest BCUT2D eigenvalue weighted by Gasteiger charge is -2.10. The fraction of sp³-hybridized carbons (Fsp3) is 0.471. The first-order valence-corrected chi connectivity index (χ1v) is 7.52. The van der Waals surface area contributed by atoms with Crippen LogP contribution in [0.25, 0.3) is 10.9 Å². The number of hydrogen-bond acceptors (Lipinski definition) is 3. The van der Waals surface area contributed by atoms with Crippen LogP contribution in [0.15, 0.2) is 24.4 Å². The number of aromatic amines is 1. The molecule has 0 atom stereocenters. The molecule has 1 aromatic heterocycles. The highest BCUT2D eigenvalue weighted by Crippen LogP contribution is 2.32. The van der Waals surface area contributed by atoms with Gasteiger partial charge in [-0.15, -0.1) is 0 Å². The van der Waals surface area contributed by atoms with Crippen LogP contribution in [0.2, 0.25) is 0 Å². The van der Waals surface area contributed by atoms with Gasteiger partial charge in [-0.2, -0.15) is 0 Å². The lowest BCUT2D eigenvalue weighted by molar-refractivity contribution is -0.143. The largest absolute Gasteiger partial charge is 0.493 e. The van der Waals surface area contributed by atoms with Crippen LogP contribution < -0.4 is 4.74 Å².